The van der Waals surface area contributed by atoms with Gasteiger partial charge in [0.1, 0.15) is 5.82 Å². The molecule has 1 aromatic carbocycles. The highest BCUT2D eigenvalue weighted by Crippen LogP contribution is 2.30. The van der Waals surface area contributed by atoms with Crippen LogP contribution in [-0.4, -0.2) is 29.2 Å². The molecule has 0 aliphatic heterocycles. The lowest BCUT2D eigenvalue weighted by Crippen LogP contribution is -2.29. The van der Waals surface area contributed by atoms with E-state index in [0.717, 1.165) is 28.6 Å². The Morgan fingerprint density at radius 1 is 1.31 bits per heavy atom. The van der Waals surface area contributed by atoms with Crippen LogP contribution in [0.4, 0.5) is 4.39 Å². The molecule has 1 N–H and O–H groups in total. The fourth-order valence-electron chi connectivity index (χ4n) is 3.08. The summed E-state index contributed by atoms with van der Waals surface area (Å²) >= 11 is 0. The van der Waals surface area contributed by atoms with Gasteiger partial charge in [-0.2, -0.15) is 0 Å². The Morgan fingerprint density at radius 2 is 2.08 bits per heavy atom. The van der Waals surface area contributed by atoms with Gasteiger partial charge in [-0.1, -0.05) is 12.1 Å². The lowest BCUT2D eigenvalue weighted by Gasteiger charge is -2.19. The van der Waals surface area contributed by atoms with Crippen LogP contribution in [0.3, 0.4) is 0 Å². The van der Waals surface area contributed by atoms with Gasteiger partial charge in [-0.15, -0.1) is 0 Å². The average molecular weight is 355 g/mol. The van der Waals surface area contributed by atoms with Gasteiger partial charge in [0, 0.05) is 43.4 Å². The summed E-state index contributed by atoms with van der Waals surface area (Å²) in [4.78, 5) is 16.6. The van der Waals surface area contributed by atoms with Crippen LogP contribution in [-0.2, 0) is 16.1 Å². The van der Waals surface area contributed by atoms with Crippen molar-refractivity contribution in [2.75, 3.05) is 13.7 Å². The summed E-state index contributed by atoms with van der Waals surface area (Å²) in [6.45, 7) is 3.19. The van der Waals surface area contributed by atoms with Crippen LogP contribution >= 0.6 is 0 Å². The van der Waals surface area contributed by atoms with E-state index in [9.17, 15) is 9.18 Å². The Kier molecular flexibility index (Phi) is 5.63. The predicted molar refractivity (Wildman–Crippen MR) is 98.3 cm³/mol. The smallest absolute Gasteiger partial charge is 0.223 e. The number of carbonyl (C=O) groups is 1. The average Bonchev–Trinajstić information content (AvgIpc) is 3.04. The molecule has 6 heteroatoms. The minimum absolute atomic E-state index is 0.118. The number of fused-ring (bicyclic) bond motifs is 1. The zero-order valence-electron chi connectivity index (χ0n) is 14.9. The molecule has 2 heterocycles. The van der Waals surface area contributed by atoms with Gasteiger partial charge in [-0.25, -0.2) is 4.39 Å². The molecular weight excluding hydrogens is 333 g/mol. The summed E-state index contributed by atoms with van der Waals surface area (Å²) in [6.07, 6.45) is 5.84. The highest BCUT2D eigenvalue weighted by Gasteiger charge is 2.21. The molecule has 0 aliphatic rings. The number of methoxy groups -OCH3 is 1. The number of hydrogen-bond donors (Lipinski definition) is 1. The molecule has 0 radical (unpaired) electrons. The van der Waals surface area contributed by atoms with Gasteiger partial charge in [-0.3, -0.25) is 9.78 Å². The van der Waals surface area contributed by atoms with Crippen LogP contribution in [0, 0.1) is 5.82 Å². The van der Waals surface area contributed by atoms with Crippen LogP contribution in [0.1, 0.15) is 30.5 Å². The van der Waals surface area contributed by atoms with E-state index in [1.54, 1.807) is 25.4 Å². The number of ether oxygens (including phenoxy) is 1. The normalized spacial score (nSPS) is 12.3. The third kappa shape index (κ3) is 3.75. The minimum atomic E-state index is -0.377. The summed E-state index contributed by atoms with van der Waals surface area (Å²) in [6, 6.07) is 7.78. The second-order valence-electron chi connectivity index (χ2n) is 6.06. The van der Waals surface area contributed by atoms with Crippen molar-refractivity contribution in [3.05, 3.63) is 65.9 Å². The largest absolute Gasteiger partial charge is 0.384 e. The van der Waals surface area contributed by atoms with Crippen molar-refractivity contribution in [1.29, 1.82) is 0 Å². The summed E-state index contributed by atoms with van der Waals surface area (Å²) < 4.78 is 20.5. The van der Waals surface area contributed by atoms with E-state index in [4.69, 9.17) is 4.74 Å². The van der Waals surface area contributed by atoms with Gasteiger partial charge in [-0.05, 0) is 30.7 Å². The molecule has 1 amide bonds. The number of carbonyl (C=O) groups excluding carboxylic acids is 1. The third-order valence-corrected chi connectivity index (χ3v) is 4.41. The van der Waals surface area contributed by atoms with Gasteiger partial charge < -0.3 is 14.6 Å². The number of pyridine rings is 1. The van der Waals surface area contributed by atoms with Crippen LogP contribution in [0.15, 0.2) is 48.9 Å². The third-order valence-electron chi connectivity index (χ3n) is 4.41. The van der Waals surface area contributed by atoms with Crippen molar-refractivity contribution in [3.63, 3.8) is 0 Å². The molecule has 0 unspecified atom stereocenters. The Morgan fingerprint density at radius 3 is 2.77 bits per heavy atom. The maximum Gasteiger partial charge on any atom is 0.223 e. The number of aromatic nitrogens is 2. The highest BCUT2D eigenvalue weighted by atomic mass is 19.1. The quantitative estimate of drug-likeness (QED) is 0.706. The molecule has 0 saturated carbocycles. The van der Waals surface area contributed by atoms with Crippen molar-refractivity contribution in [1.82, 2.24) is 14.9 Å². The Bertz CT molecular complexity index is 890. The molecule has 0 fully saturated rings. The van der Waals surface area contributed by atoms with Crippen molar-refractivity contribution < 1.29 is 13.9 Å². The number of halogens is 1. The maximum atomic E-state index is 13.4. The number of rotatable bonds is 7. The monoisotopic (exact) mass is 355 g/mol. The number of hydrogen-bond acceptors (Lipinski definition) is 3. The highest BCUT2D eigenvalue weighted by molar-refractivity contribution is 5.85. The SMILES string of the molecule is CCn1cc([C@H](NC(=O)CCOC)c2ccc(F)cc2)c2ccncc21. The van der Waals surface area contributed by atoms with E-state index in [0.29, 0.717) is 6.61 Å². The molecule has 136 valence electrons. The molecular formula is C20H22FN3O2. The van der Waals surface area contributed by atoms with E-state index >= 15 is 0 Å². The number of aryl methyl sites for hydroxylation is 1. The first-order valence-corrected chi connectivity index (χ1v) is 8.60. The van der Waals surface area contributed by atoms with Gasteiger partial charge in [0.15, 0.2) is 0 Å². The first kappa shape index (κ1) is 18.1. The summed E-state index contributed by atoms with van der Waals surface area (Å²) in [7, 11) is 1.56. The van der Waals surface area contributed by atoms with Crippen molar-refractivity contribution in [2.24, 2.45) is 0 Å². The number of nitrogens with one attached hydrogen (secondary N) is 1. The van der Waals surface area contributed by atoms with Gasteiger partial charge in [0.2, 0.25) is 5.91 Å². The molecule has 0 aliphatic carbocycles. The van der Waals surface area contributed by atoms with Crippen LogP contribution < -0.4 is 5.32 Å². The molecule has 1 atom stereocenters. The van der Waals surface area contributed by atoms with Gasteiger partial charge >= 0.3 is 0 Å². The van der Waals surface area contributed by atoms with Gasteiger partial charge in [0.25, 0.3) is 0 Å². The molecule has 5 nitrogen and oxygen atoms in total. The Labute approximate surface area is 151 Å². The minimum Gasteiger partial charge on any atom is -0.384 e. The van der Waals surface area contributed by atoms with Crippen molar-refractivity contribution in [3.8, 4) is 0 Å². The molecule has 0 spiro atoms. The lowest BCUT2D eigenvalue weighted by atomic mass is 9.98. The maximum absolute atomic E-state index is 13.4. The zero-order chi connectivity index (χ0) is 18.5. The number of benzene rings is 1. The van der Waals surface area contributed by atoms with Crippen LogP contribution in [0.2, 0.25) is 0 Å². The fourth-order valence-corrected chi connectivity index (χ4v) is 3.08. The lowest BCUT2D eigenvalue weighted by molar-refractivity contribution is -0.122. The van der Waals surface area contributed by atoms with Crippen LogP contribution in [0.25, 0.3) is 10.9 Å². The molecule has 0 saturated heterocycles. The first-order chi connectivity index (χ1) is 12.6. The number of amides is 1. The molecule has 0 bridgehead atoms. The van der Waals surface area contributed by atoms with E-state index in [-0.39, 0.29) is 24.2 Å². The predicted octanol–water partition coefficient (Wildman–Crippen LogP) is 3.44. The molecule has 3 rings (SSSR count). The standard InChI is InChI=1S/C20H22FN3O2/c1-3-24-13-17(16-8-10-22-12-18(16)24)20(23-19(25)9-11-26-2)14-4-6-15(21)7-5-14/h4-8,10,12-13,20H,3,9,11H2,1-2H3,(H,23,25)/t20-/m1/s1. The second-order valence-corrected chi connectivity index (χ2v) is 6.06. The van der Waals surface area contributed by atoms with E-state index in [1.807, 2.05) is 18.5 Å². The number of nitrogens with zero attached hydrogens (tertiary/aromatic N) is 2. The van der Waals surface area contributed by atoms with Gasteiger partial charge in [0.05, 0.1) is 24.4 Å². The van der Waals surface area contributed by atoms with E-state index in [1.165, 1.54) is 12.1 Å². The van der Waals surface area contributed by atoms with Crippen LogP contribution in [0.5, 0.6) is 0 Å². The van der Waals surface area contributed by atoms with E-state index < -0.39 is 0 Å². The zero-order valence-corrected chi connectivity index (χ0v) is 14.9. The van der Waals surface area contributed by atoms with Crippen molar-refractivity contribution in [2.45, 2.75) is 25.9 Å². The van der Waals surface area contributed by atoms with Crippen molar-refractivity contribution >= 4 is 16.8 Å². The Balaban J connectivity index is 2.05. The topological polar surface area (TPSA) is 56.2 Å². The van der Waals surface area contributed by atoms with E-state index in [2.05, 4.69) is 21.8 Å². The summed E-state index contributed by atoms with van der Waals surface area (Å²) in [5.41, 5.74) is 2.79. The molecule has 26 heavy (non-hydrogen) atoms. The molecule has 2 aromatic heterocycles. The Hall–Kier alpha value is -2.73. The summed E-state index contributed by atoms with van der Waals surface area (Å²) in [5.74, 6) is -0.425. The first-order valence-electron chi connectivity index (χ1n) is 8.60. The fraction of sp³-hybridized carbons (Fsp3) is 0.300. The summed E-state index contributed by atoms with van der Waals surface area (Å²) in [5, 5.41) is 4.08. The second kappa shape index (κ2) is 8.10. The molecule has 3 aromatic rings.